The van der Waals surface area contributed by atoms with Crippen LogP contribution in [0.2, 0.25) is 0 Å². The van der Waals surface area contributed by atoms with Crippen LogP contribution < -0.4 is 5.32 Å². The van der Waals surface area contributed by atoms with E-state index in [0.29, 0.717) is 6.42 Å². The number of allylic oxidation sites excluding steroid dienone is 6. The van der Waals surface area contributed by atoms with Crippen LogP contribution in [0.4, 0.5) is 0 Å². The molecule has 2 unspecified atom stereocenters. The zero-order chi connectivity index (χ0) is 41.1. The van der Waals surface area contributed by atoms with Gasteiger partial charge in [-0.25, -0.2) is 4.57 Å². The Labute approximate surface area is 343 Å². The van der Waals surface area contributed by atoms with Gasteiger partial charge in [-0.3, -0.25) is 18.6 Å². The molecule has 0 rings (SSSR count). The maximum atomic E-state index is 12.1. The van der Waals surface area contributed by atoms with Gasteiger partial charge in [0.15, 0.2) is 0 Å². The summed E-state index contributed by atoms with van der Waals surface area (Å²) in [6.07, 6.45) is 47.9. The Morgan fingerprint density at radius 3 is 1.54 bits per heavy atom. The van der Waals surface area contributed by atoms with E-state index in [-0.39, 0.29) is 32.1 Å². The summed E-state index contributed by atoms with van der Waals surface area (Å²) in [6, 6.07) is 0. The second-order valence-electron chi connectivity index (χ2n) is 15.4. The summed E-state index contributed by atoms with van der Waals surface area (Å²) in [6.45, 7) is 3.46. The largest absolute Gasteiger partial charge is 0.472 e. The fraction of sp³-hybridized carbons (Fsp3) is 0.826. The lowest BCUT2D eigenvalue weighted by molar-refractivity contribution is -0.147. The topological polar surface area (TPSA) is 131 Å². The second-order valence-corrected chi connectivity index (χ2v) is 16.8. The van der Waals surface area contributed by atoms with Gasteiger partial charge >= 0.3 is 13.8 Å². The lowest BCUT2D eigenvalue weighted by Gasteiger charge is -2.15. The van der Waals surface area contributed by atoms with Crippen molar-refractivity contribution in [3.63, 3.8) is 0 Å². The van der Waals surface area contributed by atoms with E-state index in [2.05, 4.69) is 55.6 Å². The third kappa shape index (κ3) is 43.4. The molecule has 3 N–H and O–H groups in total. The van der Waals surface area contributed by atoms with Crippen molar-refractivity contribution in [2.75, 3.05) is 26.4 Å². The number of nitrogens with one attached hydrogen (secondary N) is 1. The SMILES string of the molecule is CC/C=C\C/C=C\C/C=C\CCCCCCCCCC(=O)OCC(O)COP(=O)(O)OCCNC(=O)CCCCCCCCCCCCCCCCCCCC. The van der Waals surface area contributed by atoms with Crippen LogP contribution in [0, 0.1) is 0 Å². The van der Waals surface area contributed by atoms with Crippen molar-refractivity contribution in [3.8, 4) is 0 Å². The summed E-state index contributed by atoms with van der Waals surface area (Å²) >= 11 is 0. The van der Waals surface area contributed by atoms with Gasteiger partial charge in [-0.15, -0.1) is 0 Å². The monoisotopic (exact) mass is 812 g/mol. The van der Waals surface area contributed by atoms with Crippen LogP contribution in [-0.4, -0.2) is 54.3 Å². The normalized spacial score (nSPS) is 13.6. The molecule has 56 heavy (non-hydrogen) atoms. The zero-order valence-electron chi connectivity index (χ0n) is 36.1. The van der Waals surface area contributed by atoms with E-state index >= 15 is 0 Å². The second kappa shape index (κ2) is 42.8. The first-order valence-electron chi connectivity index (χ1n) is 23.0. The quantitative estimate of drug-likeness (QED) is 0.0240. The van der Waals surface area contributed by atoms with Crippen LogP contribution in [0.15, 0.2) is 36.5 Å². The maximum absolute atomic E-state index is 12.1. The smallest absolute Gasteiger partial charge is 0.463 e. The first-order chi connectivity index (χ1) is 27.3. The van der Waals surface area contributed by atoms with E-state index in [1.54, 1.807) is 0 Å². The highest BCUT2D eigenvalue weighted by atomic mass is 31.2. The van der Waals surface area contributed by atoms with Crippen LogP contribution in [0.25, 0.3) is 0 Å². The molecule has 0 heterocycles. The Hall–Kier alpha value is -1.77. The highest BCUT2D eigenvalue weighted by Crippen LogP contribution is 2.42. The number of carbonyl (C=O) groups excluding carboxylic acids is 2. The molecular weight excluding hydrogens is 725 g/mol. The molecule has 9 nitrogen and oxygen atoms in total. The Morgan fingerprint density at radius 2 is 1.02 bits per heavy atom. The van der Waals surface area contributed by atoms with Crippen molar-refractivity contribution < 1.29 is 37.9 Å². The highest BCUT2D eigenvalue weighted by molar-refractivity contribution is 7.47. The molecule has 328 valence electrons. The van der Waals surface area contributed by atoms with Crippen LogP contribution in [0.5, 0.6) is 0 Å². The van der Waals surface area contributed by atoms with Crippen LogP contribution >= 0.6 is 7.82 Å². The van der Waals surface area contributed by atoms with Crippen LogP contribution in [-0.2, 0) is 27.9 Å². The number of ether oxygens (including phenoxy) is 1. The maximum Gasteiger partial charge on any atom is 0.472 e. The number of hydrogen-bond donors (Lipinski definition) is 3. The fourth-order valence-electron chi connectivity index (χ4n) is 6.40. The van der Waals surface area contributed by atoms with Crippen molar-refractivity contribution in [1.29, 1.82) is 0 Å². The minimum Gasteiger partial charge on any atom is -0.463 e. The third-order valence-electron chi connectivity index (χ3n) is 9.83. The van der Waals surface area contributed by atoms with E-state index in [1.807, 2.05) is 0 Å². The summed E-state index contributed by atoms with van der Waals surface area (Å²) in [7, 11) is -4.42. The number of amides is 1. The number of carbonyl (C=O) groups is 2. The molecule has 0 aliphatic carbocycles. The fourth-order valence-corrected chi connectivity index (χ4v) is 7.15. The summed E-state index contributed by atoms with van der Waals surface area (Å²) in [4.78, 5) is 34.0. The van der Waals surface area contributed by atoms with Crippen molar-refractivity contribution in [2.24, 2.45) is 0 Å². The zero-order valence-corrected chi connectivity index (χ0v) is 37.0. The lowest BCUT2D eigenvalue weighted by Crippen LogP contribution is -2.27. The minimum absolute atomic E-state index is 0.0830. The molecule has 1 amide bonds. The molecule has 0 fully saturated rings. The predicted molar refractivity (Wildman–Crippen MR) is 234 cm³/mol. The Morgan fingerprint density at radius 1 is 0.571 bits per heavy atom. The molecule has 0 radical (unpaired) electrons. The van der Waals surface area contributed by atoms with E-state index in [1.165, 1.54) is 116 Å². The van der Waals surface area contributed by atoms with Crippen LogP contribution in [0.1, 0.15) is 213 Å². The van der Waals surface area contributed by atoms with Crippen molar-refractivity contribution in [3.05, 3.63) is 36.5 Å². The molecule has 0 aromatic carbocycles. The van der Waals surface area contributed by atoms with Gasteiger partial charge in [0.1, 0.15) is 12.7 Å². The van der Waals surface area contributed by atoms with E-state index < -0.39 is 26.5 Å². The first kappa shape index (κ1) is 54.2. The summed E-state index contributed by atoms with van der Waals surface area (Å²) < 4.78 is 26.9. The molecule has 0 aromatic rings. The highest BCUT2D eigenvalue weighted by Gasteiger charge is 2.23. The lowest BCUT2D eigenvalue weighted by atomic mass is 10.0. The Balaban J connectivity index is 3.57. The van der Waals surface area contributed by atoms with Crippen molar-refractivity contribution >= 4 is 19.7 Å². The average molecular weight is 812 g/mol. The molecule has 0 saturated carbocycles. The number of phosphoric ester groups is 1. The van der Waals surface area contributed by atoms with Gasteiger partial charge in [-0.05, 0) is 44.9 Å². The van der Waals surface area contributed by atoms with E-state index in [9.17, 15) is 24.2 Å². The summed E-state index contributed by atoms with van der Waals surface area (Å²) in [5.41, 5.74) is 0. The predicted octanol–water partition coefficient (Wildman–Crippen LogP) is 12.9. The number of aliphatic hydroxyl groups is 1. The Kier molecular flexibility index (Phi) is 41.5. The molecule has 0 aliphatic heterocycles. The van der Waals surface area contributed by atoms with E-state index in [0.717, 1.165) is 70.6 Å². The molecule has 10 heteroatoms. The summed E-state index contributed by atoms with van der Waals surface area (Å²) in [5, 5.41) is 12.7. The van der Waals surface area contributed by atoms with Gasteiger partial charge in [0.2, 0.25) is 5.91 Å². The number of esters is 1. The van der Waals surface area contributed by atoms with Crippen molar-refractivity contribution in [1.82, 2.24) is 5.32 Å². The molecule has 0 aliphatic rings. The van der Waals surface area contributed by atoms with Gasteiger partial charge in [-0.1, -0.05) is 192 Å². The number of unbranched alkanes of at least 4 members (excludes halogenated alkanes) is 24. The number of hydrogen-bond acceptors (Lipinski definition) is 7. The Bertz CT molecular complexity index is 1020. The molecule has 0 bridgehead atoms. The van der Waals surface area contributed by atoms with Crippen LogP contribution in [0.3, 0.4) is 0 Å². The molecule has 0 spiro atoms. The molecule has 0 saturated heterocycles. The average Bonchev–Trinajstić information content (AvgIpc) is 3.18. The van der Waals surface area contributed by atoms with Gasteiger partial charge in [-0.2, -0.15) is 0 Å². The number of rotatable bonds is 43. The van der Waals surface area contributed by atoms with E-state index in [4.69, 9.17) is 13.8 Å². The minimum atomic E-state index is -4.42. The number of aliphatic hydroxyl groups excluding tert-OH is 1. The molecule has 2 atom stereocenters. The first-order valence-corrected chi connectivity index (χ1v) is 24.5. The molecular formula is C46H86NO8P. The molecule has 0 aromatic heterocycles. The van der Waals surface area contributed by atoms with Gasteiger partial charge in [0.25, 0.3) is 0 Å². The van der Waals surface area contributed by atoms with Gasteiger partial charge in [0.05, 0.1) is 13.2 Å². The summed E-state index contributed by atoms with van der Waals surface area (Å²) in [5.74, 6) is -0.520. The third-order valence-corrected chi connectivity index (χ3v) is 10.8. The number of phosphoric acid groups is 1. The van der Waals surface area contributed by atoms with Crippen molar-refractivity contribution in [2.45, 2.75) is 219 Å². The van der Waals surface area contributed by atoms with Gasteiger partial charge in [0, 0.05) is 19.4 Å². The standard InChI is InChI=1S/C46H86NO8P/c1-3-5-7-9-11-13-15-17-19-21-23-24-26-28-30-32-34-36-38-45(49)47-40-41-54-56(51,52)55-43-44(48)42-53-46(50)39-37-35-33-31-29-27-25-22-20-18-16-14-12-10-8-6-4-2/h6,8,12,14,18,20,44,48H,3-5,7,9-11,13,15-17,19,21-43H2,1-2H3,(H,47,49)(H,51,52)/b8-6-,14-12-,20-18-. The van der Waals surface area contributed by atoms with Gasteiger partial charge < -0.3 is 20.1 Å².